The molecule has 0 aromatic heterocycles. The fourth-order valence-electron chi connectivity index (χ4n) is 2.26. The van der Waals surface area contributed by atoms with Gasteiger partial charge < -0.3 is 18.9 Å². The van der Waals surface area contributed by atoms with Crippen molar-refractivity contribution in [2.24, 2.45) is 0 Å². The first-order valence-electron chi connectivity index (χ1n) is 7.64. The molecule has 0 aliphatic rings. The zero-order valence-corrected chi connectivity index (χ0v) is 15.7. The van der Waals surface area contributed by atoms with Crippen LogP contribution in [-0.4, -0.2) is 36.4 Å². The van der Waals surface area contributed by atoms with Gasteiger partial charge in [0.1, 0.15) is 0 Å². The molecule has 2 aromatic rings. The summed E-state index contributed by atoms with van der Waals surface area (Å²) in [7, 11) is 0.298. The lowest BCUT2D eigenvalue weighted by atomic mass is 10.2. The molecule has 0 aliphatic heterocycles. The highest BCUT2D eigenvalue weighted by Gasteiger charge is 2.18. The molecule has 1 N–H and O–H groups in total. The highest BCUT2D eigenvalue weighted by molar-refractivity contribution is 7.89. The molecule has 0 bridgehead atoms. The van der Waals surface area contributed by atoms with Crippen LogP contribution in [0.25, 0.3) is 0 Å². The van der Waals surface area contributed by atoms with Gasteiger partial charge in [0.2, 0.25) is 10.0 Å². The maximum atomic E-state index is 12.5. The average molecular weight is 403 g/mol. The van der Waals surface area contributed by atoms with Crippen LogP contribution in [0.1, 0.15) is 5.56 Å². The van der Waals surface area contributed by atoms with Crippen LogP contribution in [0.4, 0.5) is 8.78 Å². The van der Waals surface area contributed by atoms with Gasteiger partial charge in [0.25, 0.3) is 0 Å². The molecule has 27 heavy (non-hydrogen) atoms. The molecule has 0 aliphatic carbocycles. The van der Waals surface area contributed by atoms with E-state index >= 15 is 0 Å². The molecule has 2 rings (SSSR count). The summed E-state index contributed by atoms with van der Waals surface area (Å²) >= 11 is 0. The van der Waals surface area contributed by atoms with Crippen LogP contribution >= 0.6 is 0 Å². The van der Waals surface area contributed by atoms with E-state index in [1.54, 1.807) is 0 Å². The molecule has 148 valence electrons. The van der Waals surface area contributed by atoms with Gasteiger partial charge in [-0.1, -0.05) is 6.07 Å². The summed E-state index contributed by atoms with van der Waals surface area (Å²) in [4.78, 5) is -0.00947. The van der Waals surface area contributed by atoms with Gasteiger partial charge in [-0.3, -0.25) is 0 Å². The van der Waals surface area contributed by atoms with Crippen molar-refractivity contribution in [1.82, 2.24) is 4.72 Å². The normalized spacial score (nSPS) is 11.3. The number of hydrogen-bond donors (Lipinski definition) is 1. The molecule has 0 atom stereocenters. The molecule has 0 unspecified atom stereocenters. The summed E-state index contributed by atoms with van der Waals surface area (Å²) in [5.41, 5.74) is 0.498. The van der Waals surface area contributed by atoms with Crippen molar-refractivity contribution in [3.8, 4) is 23.0 Å². The topological polar surface area (TPSA) is 83.1 Å². The number of methoxy groups -OCH3 is 3. The lowest BCUT2D eigenvalue weighted by Gasteiger charge is -2.13. The molecule has 10 heteroatoms. The highest BCUT2D eigenvalue weighted by atomic mass is 32.2. The number of nitrogens with one attached hydrogen (secondary N) is 1. The van der Waals surface area contributed by atoms with E-state index in [4.69, 9.17) is 14.2 Å². The van der Waals surface area contributed by atoms with E-state index in [2.05, 4.69) is 9.46 Å². The van der Waals surface area contributed by atoms with E-state index in [9.17, 15) is 17.2 Å². The molecule has 0 fully saturated rings. The minimum absolute atomic E-state index is 0.00947. The molecule has 0 heterocycles. The van der Waals surface area contributed by atoms with E-state index < -0.39 is 16.6 Å². The molecule has 7 nitrogen and oxygen atoms in total. The molecular weight excluding hydrogens is 384 g/mol. The van der Waals surface area contributed by atoms with Gasteiger partial charge in [-0.05, 0) is 29.8 Å². The second-order valence-corrected chi connectivity index (χ2v) is 6.97. The summed E-state index contributed by atoms with van der Waals surface area (Å²) in [5.74, 6) is 0.600. The number of ether oxygens (including phenoxy) is 4. The Bertz CT molecular complexity index is 889. The number of hydrogen-bond acceptors (Lipinski definition) is 6. The summed E-state index contributed by atoms with van der Waals surface area (Å²) < 4.78 is 71.6. The number of halogens is 2. The van der Waals surface area contributed by atoms with Crippen molar-refractivity contribution in [3.05, 3.63) is 42.0 Å². The van der Waals surface area contributed by atoms with Crippen LogP contribution in [0.5, 0.6) is 23.0 Å². The maximum absolute atomic E-state index is 12.5. The van der Waals surface area contributed by atoms with Crippen LogP contribution in [0.15, 0.2) is 41.3 Å². The Balaban J connectivity index is 2.17. The fourth-order valence-corrected chi connectivity index (χ4v) is 3.29. The number of alkyl halides is 2. The lowest BCUT2D eigenvalue weighted by molar-refractivity contribution is -0.0512. The predicted molar refractivity (Wildman–Crippen MR) is 93.2 cm³/mol. The van der Waals surface area contributed by atoms with E-state index in [0.29, 0.717) is 11.3 Å². The zero-order chi connectivity index (χ0) is 20.0. The second-order valence-electron chi connectivity index (χ2n) is 5.21. The van der Waals surface area contributed by atoms with Crippen molar-refractivity contribution in [1.29, 1.82) is 0 Å². The third kappa shape index (κ3) is 5.20. The molecule has 2 aromatic carbocycles. The summed E-state index contributed by atoms with van der Waals surface area (Å²) in [6, 6.07) is 8.34. The minimum atomic E-state index is -3.84. The van der Waals surface area contributed by atoms with Crippen molar-refractivity contribution in [2.75, 3.05) is 21.3 Å². The first-order valence-corrected chi connectivity index (χ1v) is 9.12. The number of rotatable bonds is 9. The van der Waals surface area contributed by atoms with Crippen LogP contribution in [-0.2, 0) is 16.6 Å². The van der Waals surface area contributed by atoms with Gasteiger partial charge in [0.05, 0.1) is 26.2 Å². The first kappa shape index (κ1) is 20.7. The predicted octanol–water partition coefficient (Wildman–Crippen LogP) is 2.79. The highest BCUT2D eigenvalue weighted by Crippen LogP contribution is 2.31. The molecule has 0 saturated heterocycles. The van der Waals surface area contributed by atoms with Gasteiger partial charge >= 0.3 is 6.61 Å². The third-order valence-corrected chi connectivity index (χ3v) is 4.97. The van der Waals surface area contributed by atoms with Crippen molar-refractivity contribution < 1.29 is 36.1 Å². The van der Waals surface area contributed by atoms with Crippen LogP contribution in [0.2, 0.25) is 0 Å². The molecule has 0 spiro atoms. The van der Waals surface area contributed by atoms with E-state index in [-0.39, 0.29) is 28.7 Å². The smallest absolute Gasteiger partial charge is 0.387 e. The monoisotopic (exact) mass is 403 g/mol. The largest absolute Gasteiger partial charge is 0.493 e. The zero-order valence-electron chi connectivity index (χ0n) is 14.9. The van der Waals surface area contributed by atoms with Gasteiger partial charge in [0.15, 0.2) is 23.0 Å². The van der Waals surface area contributed by atoms with Gasteiger partial charge in [-0.2, -0.15) is 8.78 Å². The van der Waals surface area contributed by atoms with Gasteiger partial charge in [-0.15, -0.1) is 0 Å². The number of benzene rings is 2. The lowest BCUT2D eigenvalue weighted by Crippen LogP contribution is -2.23. The SMILES string of the molecule is COc1ccc(S(=O)(=O)NCc2ccc(OC(F)F)c(OC)c2)cc1OC. The molecule has 0 saturated carbocycles. The molecule has 0 amide bonds. The Hall–Kier alpha value is -2.59. The summed E-state index contributed by atoms with van der Waals surface area (Å²) in [5, 5.41) is 0. The molecule has 0 radical (unpaired) electrons. The van der Waals surface area contributed by atoms with Crippen molar-refractivity contribution in [3.63, 3.8) is 0 Å². The van der Waals surface area contributed by atoms with Crippen molar-refractivity contribution >= 4 is 10.0 Å². The third-order valence-electron chi connectivity index (χ3n) is 3.58. The van der Waals surface area contributed by atoms with Crippen LogP contribution in [0, 0.1) is 0 Å². The summed E-state index contributed by atoms with van der Waals surface area (Å²) in [6.45, 7) is -3.07. The van der Waals surface area contributed by atoms with Crippen LogP contribution in [0.3, 0.4) is 0 Å². The Kier molecular flexibility index (Phi) is 6.81. The quantitative estimate of drug-likeness (QED) is 0.693. The van der Waals surface area contributed by atoms with Gasteiger partial charge in [-0.25, -0.2) is 13.1 Å². The van der Waals surface area contributed by atoms with E-state index in [1.807, 2.05) is 0 Å². The minimum Gasteiger partial charge on any atom is -0.493 e. The molecular formula is C17H19F2NO6S. The first-order chi connectivity index (χ1) is 12.8. The van der Waals surface area contributed by atoms with Gasteiger partial charge in [0, 0.05) is 12.6 Å². The Morgan fingerprint density at radius 2 is 1.48 bits per heavy atom. The number of sulfonamides is 1. The Morgan fingerprint density at radius 3 is 2.07 bits per heavy atom. The summed E-state index contributed by atoms with van der Waals surface area (Å²) in [6.07, 6.45) is 0. The average Bonchev–Trinajstić information content (AvgIpc) is 2.66. The Labute approximate surface area is 155 Å². The van der Waals surface area contributed by atoms with Crippen LogP contribution < -0.4 is 23.7 Å². The standard InChI is InChI=1S/C17H19F2NO6S/c1-23-13-7-5-12(9-16(13)25-3)27(21,22)20-10-11-4-6-14(26-17(18)19)15(8-11)24-2/h4-9,17,20H,10H2,1-3H3. The fraction of sp³-hybridized carbons (Fsp3) is 0.294. The van der Waals surface area contributed by atoms with E-state index in [0.717, 1.165) is 0 Å². The maximum Gasteiger partial charge on any atom is 0.387 e. The van der Waals surface area contributed by atoms with Crippen molar-refractivity contribution in [2.45, 2.75) is 18.1 Å². The Morgan fingerprint density at radius 1 is 0.889 bits per heavy atom. The van der Waals surface area contributed by atoms with E-state index in [1.165, 1.54) is 57.7 Å². The second kappa shape index (κ2) is 8.87.